The Morgan fingerprint density at radius 3 is 2.62 bits per heavy atom. The van der Waals surface area contributed by atoms with Crippen molar-refractivity contribution < 1.29 is 4.39 Å². The van der Waals surface area contributed by atoms with E-state index in [0.717, 1.165) is 12.0 Å². The van der Waals surface area contributed by atoms with Crippen LogP contribution >= 0.6 is 23.2 Å². The summed E-state index contributed by atoms with van der Waals surface area (Å²) in [6, 6.07) is 4.42. The molecule has 0 fully saturated rings. The second-order valence-corrected chi connectivity index (χ2v) is 4.81. The van der Waals surface area contributed by atoms with Crippen molar-refractivity contribution in [1.82, 2.24) is 5.32 Å². The van der Waals surface area contributed by atoms with E-state index in [9.17, 15) is 4.39 Å². The van der Waals surface area contributed by atoms with E-state index >= 15 is 0 Å². The average Bonchev–Trinajstić information content (AvgIpc) is 2.27. The van der Waals surface area contributed by atoms with Crippen LogP contribution in [-0.2, 0) is 6.54 Å². The molecule has 0 bridgehead atoms. The van der Waals surface area contributed by atoms with E-state index in [1.807, 2.05) is 0 Å². The van der Waals surface area contributed by atoms with E-state index in [-0.39, 0.29) is 11.4 Å². The summed E-state index contributed by atoms with van der Waals surface area (Å²) in [5.41, 5.74) is 0.770. The van der Waals surface area contributed by atoms with Gasteiger partial charge in [0.25, 0.3) is 0 Å². The third-order valence-corrected chi connectivity index (χ3v) is 3.74. The van der Waals surface area contributed by atoms with E-state index in [1.54, 1.807) is 6.07 Å². The topological polar surface area (TPSA) is 12.0 Å². The van der Waals surface area contributed by atoms with Crippen molar-refractivity contribution in [2.24, 2.45) is 0 Å². The molecule has 1 rings (SSSR count). The normalized spacial score (nSPS) is 14.8. The Hall–Kier alpha value is -0.310. The molecule has 1 nitrogen and oxygen atoms in total. The molecule has 0 saturated heterocycles. The number of benzene rings is 1. The van der Waals surface area contributed by atoms with Crippen molar-refractivity contribution in [3.8, 4) is 0 Å². The van der Waals surface area contributed by atoms with Gasteiger partial charge in [-0.1, -0.05) is 24.6 Å². The molecule has 0 radical (unpaired) electrons. The Morgan fingerprint density at radius 2 is 2.12 bits per heavy atom. The third kappa shape index (κ3) is 3.62. The van der Waals surface area contributed by atoms with Gasteiger partial charge in [0, 0.05) is 23.0 Å². The molecule has 1 unspecified atom stereocenters. The molecule has 16 heavy (non-hydrogen) atoms. The molecule has 90 valence electrons. The summed E-state index contributed by atoms with van der Waals surface area (Å²) >= 11 is 11.8. The molecule has 0 aliphatic rings. The lowest BCUT2D eigenvalue weighted by Gasteiger charge is -2.27. The molecule has 0 aliphatic heterocycles. The van der Waals surface area contributed by atoms with Crippen molar-refractivity contribution in [1.29, 1.82) is 0 Å². The Balaban J connectivity index is 2.67. The quantitative estimate of drug-likeness (QED) is 0.793. The first kappa shape index (κ1) is 13.8. The summed E-state index contributed by atoms with van der Waals surface area (Å²) in [7, 11) is 0. The predicted molar refractivity (Wildman–Crippen MR) is 67.7 cm³/mol. The van der Waals surface area contributed by atoms with Gasteiger partial charge in [-0.2, -0.15) is 0 Å². The lowest BCUT2D eigenvalue weighted by Crippen LogP contribution is -2.43. The number of hydrogen-bond acceptors (Lipinski definition) is 1. The van der Waals surface area contributed by atoms with Crippen LogP contribution in [0.5, 0.6) is 0 Å². The van der Waals surface area contributed by atoms with Gasteiger partial charge >= 0.3 is 0 Å². The fraction of sp³-hybridized carbons (Fsp3) is 0.500. The molecule has 1 atom stereocenters. The highest BCUT2D eigenvalue weighted by molar-refractivity contribution is 6.31. The lowest BCUT2D eigenvalue weighted by atomic mass is 10.0. The third-order valence-electron chi connectivity index (χ3n) is 2.80. The largest absolute Gasteiger partial charge is 0.306 e. The molecule has 1 aromatic carbocycles. The van der Waals surface area contributed by atoms with Gasteiger partial charge in [-0.3, -0.25) is 0 Å². The highest BCUT2D eigenvalue weighted by Crippen LogP contribution is 2.19. The highest BCUT2D eigenvalue weighted by atomic mass is 35.5. The van der Waals surface area contributed by atoms with Gasteiger partial charge in [0.15, 0.2) is 0 Å². The van der Waals surface area contributed by atoms with E-state index in [4.69, 9.17) is 23.2 Å². The van der Waals surface area contributed by atoms with E-state index in [1.165, 1.54) is 12.1 Å². The number of nitrogens with one attached hydrogen (secondary N) is 1. The molecule has 0 aromatic heterocycles. The zero-order valence-electron chi connectivity index (χ0n) is 9.49. The monoisotopic (exact) mass is 263 g/mol. The maximum Gasteiger partial charge on any atom is 0.124 e. The molecular formula is C12H16Cl2FN. The highest BCUT2D eigenvalue weighted by Gasteiger charge is 2.19. The molecule has 1 aromatic rings. The number of halogens is 3. The van der Waals surface area contributed by atoms with Gasteiger partial charge in [0.2, 0.25) is 0 Å². The molecule has 0 saturated carbocycles. The second-order valence-electron chi connectivity index (χ2n) is 4.14. The molecule has 4 heteroatoms. The maximum atomic E-state index is 12.8. The van der Waals surface area contributed by atoms with Gasteiger partial charge in [-0.15, -0.1) is 11.6 Å². The zero-order valence-corrected chi connectivity index (χ0v) is 11.0. The summed E-state index contributed by atoms with van der Waals surface area (Å²) in [4.78, 5) is 0. The minimum absolute atomic E-state index is 0.112. The number of rotatable bonds is 5. The number of hydrogen-bond donors (Lipinski definition) is 1. The summed E-state index contributed by atoms with van der Waals surface area (Å²) in [5, 5.41) is 3.78. The van der Waals surface area contributed by atoms with Crippen LogP contribution in [0.1, 0.15) is 25.8 Å². The van der Waals surface area contributed by atoms with Crippen molar-refractivity contribution in [3.63, 3.8) is 0 Å². The molecule has 1 N–H and O–H groups in total. The fourth-order valence-corrected chi connectivity index (χ4v) is 1.76. The second kappa shape index (κ2) is 5.85. The zero-order chi connectivity index (χ0) is 12.2. The molecular weight excluding hydrogens is 248 g/mol. The first-order valence-corrected chi connectivity index (χ1v) is 6.17. The van der Waals surface area contributed by atoms with Crippen LogP contribution in [-0.4, -0.2) is 11.4 Å². The van der Waals surface area contributed by atoms with E-state index in [2.05, 4.69) is 19.2 Å². The fourth-order valence-electron chi connectivity index (χ4n) is 1.24. The van der Waals surface area contributed by atoms with Crippen LogP contribution in [0.3, 0.4) is 0 Å². The Bertz CT molecular complexity index is 351. The van der Waals surface area contributed by atoms with Crippen LogP contribution in [0.15, 0.2) is 18.2 Å². The minimum atomic E-state index is -0.315. The molecule has 0 amide bonds. The van der Waals surface area contributed by atoms with Crippen LogP contribution in [0, 0.1) is 5.82 Å². The van der Waals surface area contributed by atoms with Crippen molar-refractivity contribution in [2.45, 2.75) is 32.4 Å². The van der Waals surface area contributed by atoms with Gasteiger partial charge < -0.3 is 5.32 Å². The maximum absolute atomic E-state index is 12.8. The molecule has 0 heterocycles. The summed E-state index contributed by atoms with van der Waals surface area (Å²) in [6.07, 6.45) is 0.926. The van der Waals surface area contributed by atoms with Crippen molar-refractivity contribution in [3.05, 3.63) is 34.6 Å². The van der Waals surface area contributed by atoms with Gasteiger partial charge in [-0.25, -0.2) is 4.39 Å². The van der Waals surface area contributed by atoms with Crippen molar-refractivity contribution >= 4 is 23.2 Å². The van der Waals surface area contributed by atoms with Crippen LogP contribution in [0.25, 0.3) is 0 Å². The van der Waals surface area contributed by atoms with Crippen LogP contribution < -0.4 is 5.32 Å². The van der Waals surface area contributed by atoms with Crippen LogP contribution in [0.4, 0.5) is 4.39 Å². The summed E-state index contributed by atoms with van der Waals surface area (Å²) in [6.45, 7) is 4.72. The van der Waals surface area contributed by atoms with Gasteiger partial charge in [0.1, 0.15) is 5.82 Å². The Labute approximate surface area is 106 Å². The summed E-state index contributed by atoms with van der Waals surface area (Å²) in [5.74, 6) is 0.215. The first-order valence-electron chi connectivity index (χ1n) is 5.25. The first-order chi connectivity index (χ1) is 7.50. The molecule has 0 aliphatic carbocycles. The SMILES string of the molecule is CCC(C)(CCl)NCc1ccc(F)cc1Cl. The lowest BCUT2D eigenvalue weighted by molar-refractivity contribution is 0.379. The van der Waals surface area contributed by atoms with Crippen molar-refractivity contribution in [2.75, 3.05) is 5.88 Å². The predicted octanol–water partition coefficient (Wildman–Crippen LogP) is 3.98. The standard InChI is InChI=1S/C12H16Cl2FN/c1-3-12(2,8-13)16-7-9-4-5-10(15)6-11(9)14/h4-6,16H,3,7-8H2,1-2H3. The Morgan fingerprint density at radius 1 is 1.44 bits per heavy atom. The van der Waals surface area contributed by atoms with E-state index in [0.29, 0.717) is 17.4 Å². The average molecular weight is 264 g/mol. The smallest absolute Gasteiger partial charge is 0.124 e. The minimum Gasteiger partial charge on any atom is -0.306 e. The molecule has 0 spiro atoms. The number of alkyl halides is 1. The van der Waals surface area contributed by atoms with E-state index < -0.39 is 0 Å². The van der Waals surface area contributed by atoms with Gasteiger partial charge in [-0.05, 0) is 31.0 Å². The van der Waals surface area contributed by atoms with Crippen LogP contribution in [0.2, 0.25) is 5.02 Å². The van der Waals surface area contributed by atoms with Gasteiger partial charge in [0.05, 0.1) is 0 Å². The Kier molecular flexibility index (Phi) is 5.03. The summed E-state index contributed by atoms with van der Waals surface area (Å²) < 4.78 is 12.8.